The number of carbonyl (C=O) groups excluding carboxylic acids is 3. The number of hydrogen-bond donors (Lipinski definition) is 2. The number of likely N-dealkylation sites (tertiary alicyclic amines) is 1. The monoisotopic (exact) mass is 356 g/mol. The summed E-state index contributed by atoms with van der Waals surface area (Å²) < 4.78 is 0. The van der Waals surface area contributed by atoms with Crippen LogP contribution >= 0.6 is 0 Å². The molecule has 0 spiro atoms. The van der Waals surface area contributed by atoms with Crippen molar-refractivity contribution in [3.8, 4) is 0 Å². The molecule has 7 heteroatoms. The lowest BCUT2D eigenvalue weighted by atomic mass is 9.91. The number of nitrogens with zero attached hydrogens (tertiary/aromatic N) is 2. The third-order valence-electron chi connectivity index (χ3n) is 5.82. The van der Waals surface area contributed by atoms with Gasteiger partial charge in [-0.05, 0) is 37.6 Å². The Kier molecular flexibility index (Phi) is 4.08. The number of piperidine rings is 1. The Labute approximate surface area is 152 Å². The molecule has 26 heavy (non-hydrogen) atoms. The Balaban J connectivity index is 1.51. The second-order valence-corrected chi connectivity index (χ2v) is 7.80. The minimum absolute atomic E-state index is 0.111. The van der Waals surface area contributed by atoms with Gasteiger partial charge in [0.2, 0.25) is 11.8 Å². The highest BCUT2D eigenvalue weighted by Crippen LogP contribution is 2.31. The molecule has 7 nitrogen and oxygen atoms in total. The molecule has 1 unspecified atom stereocenters. The first-order chi connectivity index (χ1) is 12.4. The fourth-order valence-electron chi connectivity index (χ4n) is 4.25. The topological polar surface area (TPSA) is 81.8 Å². The number of imide groups is 1. The normalized spacial score (nSPS) is 25.1. The summed E-state index contributed by atoms with van der Waals surface area (Å²) in [4.78, 5) is 40.3. The SMILES string of the molecule is CNC1(C)CN(Cc2cccc3c2CN(C2CCC(=O)NC2=O)C3=O)C1. The number of amides is 3. The molecule has 4 rings (SSSR count). The number of carbonyl (C=O) groups is 3. The summed E-state index contributed by atoms with van der Waals surface area (Å²) in [7, 11) is 1.98. The maximum Gasteiger partial charge on any atom is 0.255 e. The summed E-state index contributed by atoms with van der Waals surface area (Å²) >= 11 is 0. The van der Waals surface area contributed by atoms with Gasteiger partial charge in [-0.15, -0.1) is 0 Å². The van der Waals surface area contributed by atoms with E-state index < -0.39 is 6.04 Å². The Morgan fingerprint density at radius 1 is 1.27 bits per heavy atom. The van der Waals surface area contributed by atoms with E-state index in [0.717, 1.165) is 30.8 Å². The third kappa shape index (κ3) is 2.81. The smallest absolute Gasteiger partial charge is 0.255 e. The molecular weight excluding hydrogens is 332 g/mol. The number of benzene rings is 1. The lowest BCUT2D eigenvalue weighted by molar-refractivity contribution is -0.136. The first kappa shape index (κ1) is 17.2. The van der Waals surface area contributed by atoms with E-state index in [1.54, 1.807) is 4.90 Å². The molecular formula is C19H24N4O3. The van der Waals surface area contributed by atoms with Crippen LogP contribution in [0.15, 0.2) is 18.2 Å². The molecule has 0 aromatic heterocycles. The molecule has 3 aliphatic rings. The highest BCUT2D eigenvalue weighted by atomic mass is 16.2. The summed E-state index contributed by atoms with van der Waals surface area (Å²) in [5, 5.41) is 5.68. The van der Waals surface area contributed by atoms with Gasteiger partial charge in [0.25, 0.3) is 5.91 Å². The number of fused-ring (bicyclic) bond motifs is 1. The van der Waals surface area contributed by atoms with Crippen molar-refractivity contribution < 1.29 is 14.4 Å². The van der Waals surface area contributed by atoms with Gasteiger partial charge in [0.05, 0.1) is 0 Å². The number of hydrogen-bond acceptors (Lipinski definition) is 5. The van der Waals surface area contributed by atoms with E-state index in [1.165, 1.54) is 0 Å². The van der Waals surface area contributed by atoms with Crippen LogP contribution in [0.4, 0.5) is 0 Å². The standard InChI is InChI=1S/C19H24N4O3/c1-19(20-2)10-22(11-19)8-12-4-3-5-13-14(12)9-23(18(13)26)15-6-7-16(24)21-17(15)25/h3-5,15,20H,6-11H2,1-2H3,(H,21,24,25). The van der Waals surface area contributed by atoms with E-state index in [9.17, 15) is 14.4 Å². The van der Waals surface area contributed by atoms with Crippen molar-refractivity contribution in [3.63, 3.8) is 0 Å². The van der Waals surface area contributed by atoms with Crippen molar-refractivity contribution in [2.24, 2.45) is 0 Å². The van der Waals surface area contributed by atoms with Crippen LogP contribution in [0.2, 0.25) is 0 Å². The van der Waals surface area contributed by atoms with E-state index in [-0.39, 0.29) is 29.7 Å². The summed E-state index contributed by atoms with van der Waals surface area (Å²) in [6.45, 7) is 5.38. The Morgan fingerprint density at radius 2 is 2.04 bits per heavy atom. The molecule has 2 fully saturated rings. The van der Waals surface area contributed by atoms with Gasteiger partial charge in [-0.1, -0.05) is 12.1 Å². The molecule has 1 aromatic rings. The summed E-state index contributed by atoms with van der Waals surface area (Å²) in [6.07, 6.45) is 0.673. The van der Waals surface area contributed by atoms with E-state index in [1.807, 2.05) is 19.2 Å². The zero-order valence-electron chi connectivity index (χ0n) is 15.2. The van der Waals surface area contributed by atoms with E-state index in [2.05, 4.69) is 28.5 Å². The largest absolute Gasteiger partial charge is 0.322 e. The molecule has 138 valence electrons. The van der Waals surface area contributed by atoms with Gasteiger partial charge in [0, 0.05) is 43.7 Å². The number of likely N-dealkylation sites (N-methyl/N-ethyl adjacent to an activating group) is 1. The van der Waals surface area contributed by atoms with Crippen molar-refractivity contribution in [1.82, 2.24) is 20.4 Å². The number of rotatable bonds is 4. The Bertz CT molecular complexity index is 785. The number of nitrogens with one attached hydrogen (secondary N) is 2. The first-order valence-corrected chi connectivity index (χ1v) is 9.07. The lowest BCUT2D eigenvalue weighted by Crippen LogP contribution is -2.65. The highest BCUT2D eigenvalue weighted by Gasteiger charge is 2.41. The fraction of sp³-hybridized carbons (Fsp3) is 0.526. The fourth-order valence-corrected chi connectivity index (χ4v) is 4.25. The van der Waals surface area contributed by atoms with Crippen LogP contribution < -0.4 is 10.6 Å². The van der Waals surface area contributed by atoms with Crippen molar-refractivity contribution in [2.75, 3.05) is 20.1 Å². The predicted octanol–water partition coefficient (Wildman–Crippen LogP) is 0.241. The molecule has 3 heterocycles. The molecule has 0 aliphatic carbocycles. The average molecular weight is 356 g/mol. The maximum atomic E-state index is 12.8. The quantitative estimate of drug-likeness (QED) is 0.756. The van der Waals surface area contributed by atoms with Gasteiger partial charge in [-0.3, -0.25) is 24.6 Å². The van der Waals surface area contributed by atoms with Gasteiger partial charge in [-0.25, -0.2) is 0 Å². The van der Waals surface area contributed by atoms with E-state index in [4.69, 9.17) is 0 Å². The summed E-state index contributed by atoms with van der Waals surface area (Å²) in [5.74, 6) is -0.738. The Hall–Kier alpha value is -2.25. The van der Waals surface area contributed by atoms with Gasteiger partial charge in [-0.2, -0.15) is 0 Å². The van der Waals surface area contributed by atoms with Crippen molar-refractivity contribution in [2.45, 2.75) is 44.4 Å². The summed E-state index contributed by atoms with van der Waals surface area (Å²) in [6, 6.07) is 5.25. The maximum absolute atomic E-state index is 12.8. The van der Waals surface area contributed by atoms with Crippen molar-refractivity contribution in [3.05, 3.63) is 34.9 Å². The van der Waals surface area contributed by atoms with Crippen LogP contribution in [0, 0.1) is 0 Å². The molecule has 1 aromatic carbocycles. The predicted molar refractivity (Wildman–Crippen MR) is 95.2 cm³/mol. The molecule has 0 radical (unpaired) electrons. The van der Waals surface area contributed by atoms with Crippen LogP contribution in [-0.4, -0.2) is 59.2 Å². The molecule has 1 atom stereocenters. The van der Waals surface area contributed by atoms with Crippen molar-refractivity contribution >= 4 is 17.7 Å². The van der Waals surface area contributed by atoms with Crippen LogP contribution in [0.1, 0.15) is 41.3 Å². The zero-order chi connectivity index (χ0) is 18.5. The van der Waals surface area contributed by atoms with E-state index >= 15 is 0 Å². The van der Waals surface area contributed by atoms with Crippen LogP contribution in [0.25, 0.3) is 0 Å². The van der Waals surface area contributed by atoms with Crippen LogP contribution in [-0.2, 0) is 22.7 Å². The zero-order valence-corrected chi connectivity index (χ0v) is 15.2. The third-order valence-corrected chi connectivity index (χ3v) is 5.82. The van der Waals surface area contributed by atoms with Gasteiger partial charge in [0.1, 0.15) is 6.04 Å². The molecule has 0 bridgehead atoms. The average Bonchev–Trinajstić information content (AvgIpc) is 2.91. The molecule has 2 N–H and O–H groups in total. The Morgan fingerprint density at radius 3 is 2.73 bits per heavy atom. The van der Waals surface area contributed by atoms with Crippen LogP contribution in [0.3, 0.4) is 0 Å². The van der Waals surface area contributed by atoms with Gasteiger partial charge < -0.3 is 10.2 Å². The molecule has 3 amide bonds. The van der Waals surface area contributed by atoms with Crippen LogP contribution in [0.5, 0.6) is 0 Å². The minimum Gasteiger partial charge on any atom is -0.322 e. The van der Waals surface area contributed by atoms with Gasteiger partial charge in [0.15, 0.2) is 0 Å². The molecule has 0 saturated carbocycles. The molecule has 3 aliphatic heterocycles. The first-order valence-electron chi connectivity index (χ1n) is 9.07. The lowest BCUT2D eigenvalue weighted by Gasteiger charge is -2.48. The minimum atomic E-state index is -0.558. The summed E-state index contributed by atoms with van der Waals surface area (Å²) in [5.41, 5.74) is 3.00. The second kappa shape index (κ2) is 6.17. The highest BCUT2D eigenvalue weighted by molar-refractivity contribution is 6.05. The van der Waals surface area contributed by atoms with Gasteiger partial charge >= 0.3 is 0 Å². The van der Waals surface area contributed by atoms with Crippen molar-refractivity contribution in [1.29, 1.82) is 0 Å². The molecule has 2 saturated heterocycles. The van der Waals surface area contributed by atoms with E-state index in [0.29, 0.717) is 18.5 Å². The second-order valence-electron chi connectivity index (χ2n) is 7.80.